The molecule has 0 amide bonds. The summed E-state index contributed by atoms with van der Waals surface area (Å²) in [4.78, 5) is 17.9. The van der Waals surface area contributed by atoms with Crippen LogP contribution in [0.4, 0.5) is 5.82 Å². The second-order valence-corrected chi connectivity index (χ2v) is 5.03. The van der Waals surface area contributed by atoms with E-state index in [9.17, 15) is 4.79 Å². The van der Waals surface area contributed by atoms with E-state index in [1.54, 1.807) is 12.1 Å². The van der Waals surface area contributed by atoms with Crippen LogP contribution in [-0.2, 0) is 0 Å². The third-order valence-electron chi connectivity index (χ3n) is 3.68. The van der Waals surface area contributed by atoms with Gasteiger partial charge in [0.15, 0.2) is 0 Å². The van der Waals surface area contributed by atoms with Gasteiger partial charge in [-0.1, -0.05) is 6.07 Å². The molecular formula is C15H16N2O2. The Morgan fingerprint density at radius 2 is 2.00 bits per heavy atom. The fourth-order valence-electron chi connectivity index (χ4n) is 2.63. The number of hydrogen-bond acceptors (Lipinski definition) is 3. The number of hydrogen-bond donors (Lipinski definition) is 1. The van der Waals surface area contributed by atoms with Gasteiger partial charge in [-0.15, -0.1) is 0 Å². The molecule has 1 N–H and O–H groups in total. The van der Waals surface area contributed by atoms with Crippen molar-refractivity contribution >= 4 is 22.7 Å². The second kappa shape index (κ2) is 4.53. The minimum atomic E-state index is -0.909. The second-order valence-electron chi connectivity index (χ2n) is 5.03. The van der Waals surface area contributed by atoms with Crippen molar-refractivity contribution in [2.75, 3.05) is 18.0 Å². The molecule has 4 nitrogen and oxygen atoms in total. The maximum Gasteiger partial charge on any atom is 0.335 e. The summed E-state index contributed by atoms with van der Waals surface area (Å²) in [6, 6.07) is 7.22. The first-order chi connectivity index (χ1) is 9.15. The molecule has 1 aliphatic rings. The molecule has 0 atom stereocenters. The van der Waals surface area contributed by atoms with Crippen molar-refractivity contribution in [1.82, 2.24) is 4.98 Å². The number of carbonyl (C=O) groups is 1. The largest absolute Gasteiger partial charge is 0.478 e. The molecule has 0 unspecified atom stereocenters. The van der Waals surface area contributed by atoms with Crippen LogP contribution in [0.1, 0.15) is 28.8 Å². The van der Waals surface area contributed by atoms with Crippen molar-refractivity contribution in [2.24, 2.45) is 0 Å². The fraction of sp³-hybridized carbons (Fsp3) is 0.333. The summed E-state index contributed by atoms with van der Waals surface area (Å²) in [6.45, 7) is 4.12. The zero-order chi connectivity index (χ0) is 13.4. The lowest BCUT2D eigenvalue weighted by molar-refractivity contribution is 0.0697. The number of aromatic carboxylic acids is 1. The first-order valence-electron chi connectivity index (χ1n) is 6.55. The van der Waals surface area contributed by atoms with Gasteiger partial charge in [-0.2, -0.15) is 0 Å². The van der Waals surface area contributed by atoms with Gasteiger partial charge in [0.05, 0.1) is 11.1 Å². The highest BCUT2D eigenvalue weighted by molar-refractivity contribution is 5.94. The van der Waals surface area contributed by atoms with Crippen LogP contribution < -0.4 is 4.90 Å². The molecule has 4 heteroatoms. The minimum Gasteiger partial charge on any atom is -0.478 e. The van der Waals surface area contributed by atoms with E-state index in [4.69, 9.17) is 5.11 Å². The zero-order valence-corrected chi connectivity index (χ0v) is 10.9. The fourth-order valence-corrected chi connectivity index (χ4v) is 2.63. The van der Waals surface area contributed by atoms with Crippen molar-refractivity contribution in [3.63, 3.8) is 0 Å². The van der Waals surface area contributed by atoms with E-state index in [0.29, 0.717) is 0 Å². The lowest BCUT2D eigenvalue weighted by Crippen LogP contribution is -2.19. The molecule has 2 heterocycles. The zero-order valence-electron chi connectivity index (χ0n) is 10.9. The van der Waals surface area contributed by atoms with Crippen molar-refractivity contribution in [3.05, 3.63) is 35.4 Å². The van der Waals surface area contributed by atoms with Gasteiger partial charge in [0.2, 0.25) is 0 Å². The summed E-state index contributed by atoms with van der Waals surface area (Å²) >= 11 is 0. The minimum absolute atomic E-state index is 0.290. The van der Waals surface area contributed by atoms with Gasteiger partial charge in [0.1, 0.15) is 5.82 Å². The van der Waals surface area contributed by atoms with Gasteiger partial charge in [-0.25, -0.2) is 9.78 Å². The molecule has 0 spiro atoms. The molecule has 1 fully saturated rings. The Hall–Kier alpha value is -2.10. The van der Waals surface area contributed by atoms with Gasteiger partial charge in [-0.05, 0) is 43.5 Å². The molecule has 1 aliphatic heterocycles. The standard InChI is InChI=1S/C15H16N2O2/c1-10-8-14(17-6-2-3-7-17)16-13-9-11(15(18)19)4-5-12(10)13/h4-5,8-9H,2-3,6-7H2,1H3,(H,18,19). The summed E-state index contributed by atoms with van der Waals surface area (Å²) in [6.07, 6.45) is 2.40. The summed E-state index contributed by atoms with van der Waals surface area (Å²) in [5.41, 5.74) is 2.20. The molecule has 1 aromatic heterocycles. The summed E-state index contributed by atoms with van der Waals surface area (Å²) in [5.74, 6) is 0.0537. The number of aryl methyl sites for hydroxylation is 1. The maximum absolute atomic E-state index is 11.0. The lowest BCUT2D eigenvalue weighted by atomic mass is 10.1. The number of pyridine rings is 1. The molecule has 1 aromatic carbocycles. The number of benzene rings is 1. The van der Waals surface area contributed by atoms with E-state index < -0.39 is 5.97 Å². The molecule has 3 rings (SSSR count). The summed E-state index contributed by atoms with van der Waals surface area (Å²) in [5, 5.41) is 10.1. The Labute approximate surface area is 111 Å². The normalized spacial score (nSPS) is 15.1. The Morgan fingerprint density at radius 3 is 2.68 bits per heavy atom. The van der Waals surface area contributed by atoms with Gasteiger partial charge in [0, 0.05) is 18.5 Å². The average molecular weight is 256 g/mol. The van der Waals surface area contributed by atoms with E-state index in [0.717, 1.165) is 35.4 Å². The van der Waals surface area contributed by atoms with Crippen LogP contribution in [0.15, 0.2) is 24.3 Å². The Balaban J connectivity index is 2.13. The van der Waals surface area contributed by atoms with Crippen LogP contribution in [0.3, 0.4) is 0 Å². The molecule has 0 aliphatic carbocycles. The topological polar surface area (TPSA) is 53.4 Å². The SMILES string of the molecule is Cc1cc(N2CCCC2)nc2cc(C(=O)O)ccc12. The van der Waals surface area contributed by atoms with Crippen LogP contribution in [0.25, 0.3) is 10.9 Å². The van der Waals surface area contributed by atoms with Crippen LogP contribution >= 0.6 is 0 Å². The van der Waals surface area contributed by atoms with E-state index >= 15 is 0 Å². The Morgan fingerprint density at radius 1 is 1.26 bits per heavy atom. The number of carboxylic acid groups (broad SMARTS) is 1. The van der Waals surface area contributed by atoms with Crippen molar-refractivity contribution < 1.29 is 9.90 Å². The number of rotatable bonds is 2. The number of carboxylic acids is 1. The smallest absolute Gasteiger partial charge is 0.335 e. The van der Waals surface area contributed by atoms with Crippen LogP contribution in [0.2, 0.25) is 0 Å². The third kappa shape index (κ3) is 2.14. The van der Waals surface area contributed by atoms with Gasteiger partial charge >= 0.3 is 5.97 Å². The number of fused-ring (bicyclic) bond motifs is 1. The van der Waals surface area contributed by atoms with Crippen LogP contribution in [0, 0.1) is 6.92 Å². The molecule has 19 heavy (non-hydrogen) atoms. The average Bonchev–Trinajstić information content (AvgIpc) is 2.91. The summed E-state index contributed by atoms with van der Waals surface area (Å²) in [7, 11) is 0. The predicted molar refractivity (Wildman–Crippen MR) is 74.9 cm³/mol. The number of anilines is 1. The quantitative estimate of drug-likeness (QED) is 0.897. The van der Waals surface area contributed by atoms with Crippen LogP contribution in [0.5, 0.6) is 0 Å². The molecule has 0 radical (unpaired) electrons. The lowest BCUT2D eigenvalue weighted by Gasteiger charge is -2.18. The molecule has 1 saturated heterocycles. The first kappa shape index (κ1) is 12.0. The first-order valence-corrected chi connectivity index (χ1v) is 6.55. The Kier molecular flexibility index (Phi) is 2.85. The van der Waals surface area contributed by atoms with E-state index in [1.807, 2.05) is 13.0 Å². The Bertz CT molecular complexity index is 646. The van der Waals surface area contributed by atoms with Crippen LogP contribution in [-0.4, -0.2) is 29.1 Å². The van der Waals surface area contributed by atoms with Gasteiger partial charge in [-0.3, -0.25) is 0 Å². The molecular weight excluding hydrogens is 240 g/mol. The molecule has 98 valence electrons. The number of aromatic nitrogens is 1. The highest BCUT2D eigenvalue weighted by Crippen LogP contribution is 2.25. The van der Waals surface area contributed by atoms with Gasteiger partial charge < -0.3 is 10.0 Å². The maximum atomic E-state index is 11.0. The van der Waals surface area contributed by atoms with Crippen molar-refractivity contribution in [3.8, 4) is 0 Å². The monoisotopic (exact) mass is 256 g/mol. The summed E-state index contributed by atoms with van der Waals surface area (Å²) < 4.78 is 0. The molecule has 0 bridgehead atoms. The molecule has 0 saturated carbocycles. The predicted octanol–water partition coefficient (Wildman–Crippen LogP) is 2.84. The molecule has 2 aromatic rings. The van der Waals surface area contributed by atoms with E-state index in [1.165, 1.54) is 12.8 Å². The van der Waals surface area contributed by atoms with E-state index in [2.05, 4.69) is 16.0 Å². The number of nitrogens with zero attached hydrogens (tertiary/aromatic N) is 2. The highest BCUT2D eigenvalue weighted by atomic mass is 16.4. The van der Waals surface area contributed by atoms with Crippen molar-refractivity contribution in [1.29, 1.82) is 0 Å². The van der Waals surface area contributed by atoms with Gasteiger partial charge in [0.25, 0.3) is 0 Å². The highest BCUT2D eigenvalue weighted by Gasteiger charge is 2.15. The van der Waals surface area contributed by atoms with E-state index in [-0.39, 0.29) is 5.56 Å². The third-order valence-corrected chi connectivity index (χ3v) is 3.68. The van der Waals surface area contributed by atoms with Crippen molar-refractivity contribution in [2.45, 2.75) is 19.8 Å².